The molecular formula is C24H29Cl2FN3O9+. The SMILES string of the molecule is CC1=C[N+]([C@@H]2O[C@H](CNC(=O)C(C)Oc3ccc(Cl)cc3Cl)[C@@H](O)[C@@H]2F)([C@H]2C[C@H](O)[C@@H](CO)O2)C(=O)NC1=O. The molecular weight excluding hydrogens is 564 g/mol. The third kappa shape index (κ3) is 5.63. The first-order chi connectivity index (χ1) is 18.4. The maximum atomic E-state index is 15.6. The molecule has 2 saturated heterocycles. The molecule has 5 N–H and O–H groups in total. The molecule has 4 rings (SSSR count). The number of carbonyl (C=O) groups is 3. The molecule has 1 aromatic rings. The van der Waals surface area contributed by atoms with Crippen molar-refractivity contribution in [1.29, 1.82) is 0 Å². The van der Waals surface area contributed by atoms with E-state index < -0.39 is 78.1 Å². The topological polar surface area (TPSA) is 164 Å². The molecule has 0 spiro atoms. The first-order valence-corrected chi connectivity index (χ1v) is 12.9. The Kier molecular flexibility index (Phi) is 8.83. The largest absolute Gasteiger partial charge is 0.479 e. The molecule has 3 aliphatic heterocycles. The van der Waals surface area contributed by atoms with Crippen molar-refractivity contribution in [2.75, 3.05) is 13.2 Å². The minimum absolute atomic E-state index is 0.0500. The molecule has 214 valence electrons. The van der Waals surface area contributed by atoms with E-state index in [9.17, 15) is 29.7 Å². The number of quaternary nitrogens is 1. The standard InChI is InChI=1S/C24H28Cl2FN3O9/c1-10-8-30(24(36)29-21(10)34,18-6-14(32)17(9-31)38-18)23-19(27)20(33)16(39-23)7-28-22(35)11(2)37-15-4-3-12(25)5-13(15)26/h3-5,8,11,14,16-20,23,31-33H,6-7,9H2,1-2H3,(H-,28,29,34,35,36)/p+1/t11?,14-,16+,17+,18+,19-,20+,23+,30?/m0/s1. The second kappa shape index (κ2) is 11.6. The smallest absolute Gasteiger partial charge is 0.432 e. The van der Waals surface area contributed by atoms with Gasteiger partial charge in [0.25, 0.3) is 11.8 Å². The molecule has 3 heterocycles. The Labute approximate surface area is 232 Å². The number of benzene rings is 1. The molecule has 0 bridgehead atoms. The molecule has 15 heteroatoms. The van der Waals surface area contributed by atoms with Crippen LogP contribution in [0, 0.1) is 0 Å². The Hall–Kier alpha value is -2.36. The van der Waals surface area contributed by atoms with Crippen LogP contribution in [0.4, 0.5) is 9.18 Å². The van der Waals surface area contributed by atoms with Gasteiger partial charge in [0.1, 0.15) is 30.3 Å². The average molecular weight is 593 g/mol. The van der Waals surface area contributed by atoms with Crippen molar-refractivity contribution < 1.29 is 52.8 Å². The summed E-state index contributed by atoms with van der Waals surface area (Å²) >= 11 is 11.9. The highest BCUT2D eigenvalue weighted by Gasteiger charge is 2.65. The van der Waals surface area contributed by atoms with Gasteiger partial charge >= 0.3 is 6.03 Å². The number of alkyl halides is 1. The molecule has 9 atom stereocenters. The minimum Gasteiger partial charge on any atom is -0.479 e. The quantitative estimate of drug-likeness (QED) is 0.274. The third-order valence-electron chi connectivity index (χ3n) is 6.96. The number of nitrogens with one attached hydrogen (secondary N) is 2. The van der Waals surface area contributed by atoms with Crippen LogP contribution in [0.2, 0.25) is 10.0 Å². The van der Waals surface area contributed by atoms with E-state index in [-0.39, 0.29) is 29.3 Å². The van der Waals surface area contributed by atoms with E-state index in [4.69, 9.17) is 37.4 Å². The summed E-state index contributed by atoms with van der Waals surface area (Å²) in [5, 5.41) is 35.7. The lowest BCUT2D eigenvalue weighted by atomic mass is 10.1. The maximum Gasteiger partial charge on any atom is 0.432 e. The summed E-state index contributed by atoms with van der Waals surface area (Å²) < 4.78 is 31.6. The van der Waals surface area contributed by atoms with E-state index in [0.29, 0.717) is 5.02 Å². The first-order valence-electron chi connectivity index (χ1n) is 12.1. The van der Waals surface area contributed by atoms with Crippen LogP contribution in [-0.2, 0) is 19.1 Å². The molecule has 0 aliphatic carbocycles. The molecule has 0 saturated carbocycles. The Morgan fingerprint density at radius 2 is 2.00 bits per heavy atom. The highest BCUT2D eigenvalue weighted by Crippen LogP contribution is 2.41. The number of imide groups is 1. The molecule has 2 unspecified atom stereocenters. The maximum absolute atomic E-state index is 15.6. The first kappa shape index (κ1) is 29.6. The van der Waals surface area contributed by atoms with Crippen molar-refractivity contribution in [2.24, 2.45) is 0 Å². The summed E-state index contributed by atoms with van der Waals surface area (Å²) in [5.41, 5.74) is 0.0500. The van der Waals surface area contributed by atoms with Crippen LogP contribution >= 0.6 is 23.2 Å². The van der Waals surface area contributed by atoms with E-state index >= 15 is 4.39 Å². The van der Waals surface area contributed by atoms with E-state index in [1.54, 1.807) is 0 Å². The van der Waals surface area contributed by atoms with Gasteiger partial charge in [0.2, 0.25) is 18.6 Å². The summed E-state index contributed by atoms with van der Waals surface area (Å²) in [6.07, 6.45) is -10.5. The minimum atomic E-state index is -2.16. The molecule has 0 aromatic heterocycles. The number of urea groups is 1. The number of hydrogen-bond donors (Lipinski definition) is 5. The van der Waals surface area contributed by atoms with Gasteiger partial charge in [-0.3, -0.25) is 9.59 Å². The zero-order chi connectivity index (χ0) is 28.6. The zero-order valence-electron chi connectivity index (χ0n) is 20.9. The Bertz CT molecular complexity index is 1170. The molecule has 12 nitrogen and oxygen atoms in total. The number of aliphatic hydroxyl groups is 3. The summed E-state index contributed by atoms with van der Waals surface area (Å²) in [7, 11) is 0. The van der Waals surface area contributed by atoms with Crippen LogP contribution < -0.4 is 15.4 Å². The summed E-state index contributed by atoms with van der Waals surface area (Å²) in [6, 6.07) is 3.48. The summed E-state index contributed by atoms with van der Waals surface area (Å²) in [5.74, 6) is -1.12. The van der Waals surface area contributed by atoms with Crippen molar-refractivity contribution in [1.82, 2.24) is 10.6 Å². The highest BCUT2D eigenvalue weighted by molar-refractivity contribution is 6.35. The van der Waals surface area contributed by atoms with E-state index in [0.717, 1.165) is 6.20 Å². The van der Waals surface area contributed by atoms with Crippen LogP contribution in [0.5, 0.6) is 5.75 Å². The lowest BCUT2D eigenvalue weighted by molar-refractivity contribution is -0.900. The van der Waals surface area contributed by atoms with Gasteiger partial charge in [-0.25, -0.2) is 14.5 Å². The number of hydrogen-bond acceptors (Lipinski definition) is 9. The number of halogens is 3. The monoisotopic (exact) mass is 592 g/mol. The molecule has 3 aliphatic rings. The predicted octanol–water partition coefficient (Wildman–Crippen LogP) is 0.739. The van der Waals surface area contributed by atoms with Crippen molar-refractivity contribution >= 4 is 41.0 Å². The third-order valence-corrected chi connectivity index (χ3v) is 7.49. The van der Waals surface area contributed by atoms with Crippen LogP contribution in [-0.4, -0.2) is 99.9 Å². The fourth-order valence-electron chi connectivity index (χ4n) is 4.82. The van der Waals surface area contributed by atoms with Gasteiger partial charge < -0.3 is 34.8 Å². The van der Waals surface area contributed by atoms with Gasteiger partial charge in [-0.15, -0.1) is 0 Å². The number of rotatable bonds is 8. The average Bonchev–Trinajstić information content (AvgIpc) is 3.41. The van der Waals surface area contributed by atoms with Crippen molar-refractivity contribution in [3.63, 3.8) is 0 Å². The Balaban J connectivity index is 1.50. The number of ether oxygens (including phenoxy) is 3. The number of amides is 4. The molecule has 1 aromatic carbocycles. The lowest BCUT2D eigenvalue weighted by Gasteiger charge is -2.42. The van der Waals surface area contributed by atoms with E-state index in [1.807, 2.05) is 0 Å². The van der Waals surface area contributed by atoms with Gasteiger partial charge in [0.05, 0.1) is 29.7 Å². The van der Waals surface area contributed by atoms with Crippen LogP contribution in [0.3, 0.4) is 0 Å². The van der Waals surface area contributed by atoms with E-state index in [2.05, 4.69) is 10.6 Å². The van der Waals surface area contributed by atoms with Gasteiger partial charge in [-0.1, -0.05) is 23.2 Å². The van der Waals surface area contributed by atoms with Gasteiger partial charge in [0, 0.05) is 11.6 Å². The van der Waals surface area contributed by atoms with Gasteiger partial charge in [-0.2, -0.15) is 4.48 Å². The second-order valence-electron chi connectivity index (χ2n) is 9.60. The van der Waals surface area contributed by atoms with Crippen LogP contribution in [0.25, 0.3) is 0 Å². The number of carbonyl (C=O) groups excluding carboxylic acids is 3. The number of aliphatic hydroxyl groups excluding tert-OH is 3. The van der Waals surface area contributed by atoms with Gasteiger partial charge in [-0.05, 0) is 32.0 Å². The van der Waals surface area contributed by atoms with Crippen molar-refractivity contribution in [3.05, 3.63) is 40.0 Å². The van der Waals surface area contributed by atoms with Crippen molar-refractivity contribution in [3.8, 4) is 5.75 Å². The van der Waals surface area contributed by atoms with Gasteiger partial charge in [0.15, 0.2) is 6.10 Å². The molecule has 4 amide bonds. The zero-order valence-corrected chi connectivity index (χ0v) is 22.4. The van der Waals surface area contributed by atoms with Crippen LogP contribution in [0.15, 0.2) is 30.0 Å². The normalized spacial score (nSPS) is 35.4. The number of nitrogens with zero attached hydrogens (tertiary/aromatic N) is 1. The lowest BCUT2D eigenvalue weighted by Crippen LogP contribution is -2.69. The molecule has 2 fully saturated rings. The fourth-order valence-corrected chi connectivity index (χ4v) is 5.27. The Morgan fingerprint density at radius 1 is 1.28 bits per heavy atom. The fraction of sp³-hybridized carbons (Fsp3) is 0.542. The highest BCUT2D eigenvalue weighted by atomic mass is 35.5. The van der Waals surface area contributed by atoms with E-state index in [1.165, 1.54) is 32.0 Å². The molecule has 39 heavy (non-hydrogen) atoms. The predicted molar refractivity (Wildman–Crippen MR) is 133 cm³/mol. The summed E-state index contributed by atoms with van der Waals surface area (Å²) in [4.78, 5) is 38.0. The van der Waals surface area contributed by atoms with Crippen molar-refractivity contribution in [2.45, 2.75) is 69.4 Å². The van der Waals surface area contributed by atoms with Crippen LogP contribution in [0.1, 0.15) is 20.3 Å². The summed E-state index contributed by atoms with van der Waals surface area (Å²) in [6.45, 7) is 1.93. The Morgan fingerprint density at radius 3 is 2.64 bits per heavy atom. The second-order valence-corrected chi connectivity index (χ2v) is 10.4. The molecule has 0 radical (unpaired) electrons.